The van der Waals surface area contributed by atoms with Gasteiger partial charge in [0.25, 0.3) is 0 Å². The van der Waals surface area contributed by atoms with Crippen LogP contribution in [0.3, 0.4) is 0 Å². The Hall–Kier alpha value is -1.89. The third-order valence-corrected chi connectivity index (χ3v) is 5.39. The molecular formula is C22H39NO6. The van der Waals surface area contributed by atoms with Gasteiger partial charge in [-0.05, 0) is 26.7 Å². The number of carboxylic acid groups (broad SMARTS) is 3. The average Bonchev–Trinajstić information content (AvgIpc) is 2.63. The van der Waals surface area contributed by atoms with Crippen LogP contribution in [0.4, 0.5) is 0 Å². The van der Waals surface area contributed by atoms with Crippen molar-refractivity contribution >= 4 is 17.9 Å². The van der Waals surface area contributed by atoms with Crippen molar-refractivity contribution in [2.24, 2.45) is 17.8 Å². The summed E-state index contributed by atoms with van der Waals surface area (Å²) >= 11 is 0. The van der Waals surface area contributed by atoms with E-state index < -0.39 is 35.7 Å². The average molecular weight is 414 g/mol. The van der Waals surface area contributed by atoms with Crippen molar-refractivity contribution in [1.82, 2.24) is 0 Å². The third kappa shape index (κ3) is 11.6. The summed E-state index contributed by atoms with van der Waals surface area (Å²) in [5.74, 6) is -5.35. The molecule has 0 aromatic rings. The highest BCUT2D eigenvalue weighted by Crippen LogP contribution is 2.21. The van der Waals surface area contributed by atoms with Crippen molar-refractivity contribution in [3.05, 3.63) is 12.2 Å². The molecule has 0 aliphatic rings. The molecule has 0 spiro atoms. The molecule has 7 nitrogen and oxygen atoms in total. The van der Waals surface area contributed by atoms with Crippen molar-refractivity contribution in [3.8, 4) is 0 Å². The Morgan fingerprint density at radius 1 is 0.828 bits per heavy atom. The van der Waals surface area contributed by atoms with Gasteiger partial charge in [-0.2, -0.15) is 0 Å². The van der Waals surface area contributed by atoms with Crippen molar-refractivity contribution in [1.29, 1.82) is 0 Å². The van der Waals surface area contributed by atoms with Gasteiger partial charge in [-0.15, -0.1) is 0 Å². The number of allylic oxidation sites excluding steroid dienone is 1. The van der Waals surface area contributed by atoms with Gasteiger partial charge in [0, 0.05) is 18.3 Å². The minimum atomic E-state index is -1.20. The fourth-order valence-electron chi connectivity index (χ4n) is 3.74. The summed E-state index contributed by atoms with van der Waals surface area (Å²) in [7, 11) is 0. The van der Waals surface area contributed by atoms with E-state index in [1.165, 1.54) is 26.2 Å². The molecule has 2 N–H and O–H groups in total. The predicted molar refractivity (Wildman–Crippen MR) is 110 cm³/mol. The van der Waals surface area contributed by atoms with Crippen LogP contribution in [0.25, 0.3) is 0 Å². The smallest absolute Gasteiger partial charge is 0.311 e. The maximum Gasteiger partial charge on any atom is 0.311 e. The first-order valence-electron chi connectivity index (χ1n) is 10.7. The highest BCUT2D eigenvalue weighted by atomic mass is 16.4. The van der Waals surface area contributed by atoms with Crippen molar-refractivity contribution in [2.45, 2.75) is 66.2 Å². The topological polar surface area (TPSA) is 115 Å². The number of nitrogens with zero attached hydrogens (tertiary/aromatic N) is 1. The van der Waals surface area contributed by atoms with Gasteiger partial charge >= 0.3 is 11.9 Å². The van der Waals surface area contributed by atoms with Crippen LogP contribution in [0.1, 0.15) is 66.2 Å². The van der Waals surface area contributed by atoms with Crippen LogP contribution in [0.15, 0.2) is 12.2 Å². The van der Waals surface area contributed by atoms with Crippen molar-refractivity contribution in [2.75, 3.05) is 26.2 Å². The normalized spacial score (nSPS) is 16.8. The Bertz CT molecular complexity index is 490. The van der Waals surface area contributed by atoms with Gasteiger partial charge in [-0.25, -0.2) is 0 Å². The second-order valence-electron chi connectivity index (χ2n) is 8.42. The van der Waals surface area contributed by atoms with Gasteiger partial charge < -0.3 is 24.6 Å². The molecule has 0 heterocycles. The number of carbonyl (C=O) groups excluding carboxylic acids is 1. The molecule has 29 heavy (non-hydrogen) atoms. The van der Waals surface area contributed by atoms with Crippen LogP contribution in [-0.2, 0) is 14.4 Å². The molecule has 0 aromatic carbocycles. The van der Waals surface area contributed by atoms with Gasteiger partial charge in [0.2, 0.25) is 0 Å². The molecule has 7 heteroatoms. The first kappa shape index (κ1) is 27.1. The van der Waals surface area contributed by atoms with E-state index in [1.807, 2.05) is 6.08 Å². The van der Waals surface area contributed by atoms with Crippen LogP contribution in [-0.4, -0.2) is 58.8 Å². The highest BCUT2D eigenvalue weighted by molar-refractivity contribution is 5.70. The monoisotopic (exact) mass is 413 g/mol. The number of hydrogen-bond donors (Lipinski definition) is 2. The molecule has 0 saturated heterocycles. The number of quaternary nitrogens is 1. The lowest BCUT2D eigenvalue weighted by molar-refractivity contribution is -0.934. The first-order valence-corrected chi connectivity index (χ1v) is 10.7. The van der Waals surface area contributed by atoms with Crippen molar-refractivity contribution in [3.63, 3.8) is 0 Å². The minimum absolute atomic E-state index is 0.135. The first-order chi connectivity index (χ1) is 13.5. The Labute approximate surface area is 175 Å². The van der Waals surface area contributed by atoms with E-state index >= 15 is 0 Å². The number of aliphatic carboxylic acids is 3. The maximum atomic E-state index is 11.4. The number of carbonyl (C=O) groups is 3. The van der Waals surface area contributed by atoms with Gasteiger partial charge in [0.1, 0.15) is 11.8 Å². The van der Waals surface area contributed by atoms with Crippen LogP contribution in [0.5, 0.6) is 0 Å². The molecule has 0 saturated carbocycles. The Kier molecular flexibility index (Phi) is 13.2. The molecule has 0 amide bonds. The van der Waals surface area contributed by atoms with Gasteiger partial charge in [0.05, 0.1) is 26.2 Å². The summed E-state index contributed by atoms with van der Waals surface area (Å²) in [6, 6.07) is 0. The zero-order chi connectivity index (χ0) is 22.4. The molecule has 0 aliphatic heterocycles. The van der Waals surface area contributed by atoms with E-state index in [1.54, 1.807) is 13.8 Å². The molecule has 0 rings (SSSR count). The Balaban J connectivity index is 5.34. The molecule has 168 valence electrons. The second-order valence-corrected chi connectivity index (χ2v) is 8.42. The molecule has 3 unspecified atom stereocenters. The number of carboxylic acids is 3. The zero-order valence-corrected chi connectivity index (χ0v) is 18.4. The maximum absolute atomic E-state index is 11.4. The molecule has 0 bridgehead atoms. The third-order valence-electron chi connectivity index (χ3n) is 5.39. The van der Waals surface area contributed by atoms with E-state index in [2.05, 4.69) is 13.0 Å². The zero-order valence-electron chi connectivity index (χ0n) is 18.4. The molecule has 0 radical (unpaired) electrons. The Morgan fingerprint density at radius 2 is 1.31 bits per heavy atom. The lowest BCUT2D eigenvalue weighted by Gasteiger charge is -2.42. The lowest BCUT2D eigenvalue weighted by atomic mass is 10.0. The summed E-state index contributed by atoms with van der Waals surface area (Å²) in [5.41, 5.74) is 0. The summed E-state index contributed by atoms with van der Waals surface area (Å²) in [4.78, 5) is 34.2. The van der Waals surface area contributed by atoms with E-state index in [0.29, 0.717) is 13.0 Å². The molecule has 0 aliphatic carbocycles. The summed E-state index contributed by atoms with van der Waals surface area (Å²) in [5, 5.41) is 30.1. The molecule has 0 aromatic heterocycles. The summed E-state index contributed by atoms with van der Waals surface area (Å²) < 4.78 is 0.135. The highest BCUT2D eigenvalue weighted by Gasteiger charge is 2.36. The standard InChI is InChI=1S/C22H39NO6/c1-5-6-7-8-9-10-11-12-13-23(14-17(2)20(24)25,15-18(3)21(26)27)16-19(4)22(28)29/h10-11,17-19H,5-9,12-16H2,1-4H3,(H2-,24,25,26,27,28,29)/b11-10+. The summed E-state index contributed by atoms with van der Waals surface area (Å²) in [6.45, 7) is 7.88. The van der Waals surface area contributed by atoms with Crippen LogP contribution in [0, 0.1) is 17.8 Å². The van der Waals surface area contributed by atoms with E-state index in [4.69, 9.17) is 0 Å². The number of rotatable bonds is 17. The van der Waals surface area contributed by atoms with Gasteiger partial charge in [-0.1, -0.05) is 45.3 Å². The minimum Gasteiger partial charge on any atom is -0.550 e. The SMILES string of the molecule is CCCCCC/C=C/CC[N+](CC(C)C(=O)[O-])(CC(C)C(=O)O)CC(C)C(=O)O. The fourth-order valence-corrected chi connectivity index (χ4v) is 3.74. The van der Waals surface area contributed by atoms with E-state index in [-0.39, 0.29) is 24.1 Å². The second kappa shape index (κ2) is 14.1. The van der Waals surface area contributed by atoms with Gasteiger partial charge in [0.15, 0.2) is 0 Å². The van der Waals surface area contributed by atoms with Crippen molar-refractivity contribution < 1.29 is 34.2 Å². The molecule has 3 atom stereocenters. The number of hydrogen-bond acceptors (Lipinski definition) is 4. The van der Waals surface area contributed by atoms with E-state index in [9.17, 15) is 29.7 Å². The fraction of sp³-hybridized carbons (Fsp3) is 0.773. The molecule has 0 fully saturated rings. The predicted octanol–water partition coefficient (Wildman–Crippen LogP) is 2.55. The van der Waals surface area contributed by atoms with Crippen LogP contribution < -0.4 is 5.11 Å². The van der Waals surface area contributed by atoms with Crippen LogP contribution in [0.2, 0.25) is 0 Å². The van der Waals surface area contributed by atoms with E-state index in [0.717, 1.165) is 12.8 Å². The molecular weight excluding hydrogens is 374 g/mol. The summed E-state index contributed by atoms with van der Waals surface area (Å²) in [6.07, 6.45) is 10.5. The largest absolute Gasteiger partial charge is 0.550 e. The Morgan fingerprint density at radius 3 is 1.76 bits per heavy atom. The number of unbranched alkanes of at least 4 members (excludes halogenated alkanes) is 4. The lowest BCUT2D eigenvalue weighted by Crippen LogP contribution is -2.58. The van der Waals surface area contributed by atoms with Gasteiger partial charge in [-0.3, -0.25) is 9.59 Å². The van der Waals surface area contributed by atoms with Crippen LogP contribution >= 0.6 is 0 Å². The quantitative estimate of drug-likeness (QED) is 0.215.